The predicted octanol–water partition coefficient (Wildman–Crippen LogP) is 0.820. The minimum absolute atomic E-state index is 0.0268. The van der Waals surface area contributed by atoms with Gasteiger partial charge in [-0.15, -0.1) is 11.3 Å². The first kappa shape index (κ1) is 12.9. The molecule has 0 saturated heterocycles. The van der Waals surface area contributed by atoms with Crippen molar-refractivity contribution in [3.05, 3.63) is 21.3 Å². The zero-order valence-corrected chi connectivity index (χ0v) is 10.6. The molecule has 0 aliphatic heterocycles. The van der Waals surface area contributed by atoms with E-state index in [0.717, 1.165) is 4.88 Å². The van der Waals surface area contributed by atoms with E-state index in [9.17, 15) is 8.42 Å². The number of sulfone groups is 1. The molecule has 0 fully saturated rings. The fourth-order valence-corrected chi connectivity index (χ4v) is 3.35. The van der Waals surface area contributed by atoms with Crippen molar-refractivity contribution in [2.24, 2.45) is 5.84 Å². The number of rotatable bonds is 5. The molecule has 0 aromatic carbocycles. The first-order chi connectivity index (χ1) is 6.90. The molecule has 1 aromatic rings. The van der Waals surface area contributed by atoms with Crippen LogP contribution in [0.3, 0.4) is 0 Å². The van der Waals surface area contributed by atoms with Crippen LogP contribution < -0.4 is 11.3 Å². The normalized spacial score (nSPS) is 14.1. The topological polar surface area (TPSA) is 72.2 Å². The second kappa shape index (κ2) is 5.27. The van der Waals surface area contributed by atoms with E-state index in [1.165, 1.54) is 17.6 Å². The van der Waals surface area contributed by atoms with E-state index in [4.69, 9.17) is 17.4 Å². The summed E-state index contributed by atoms with van der Waals surface area (Å²) in [6.45, 7) is 0. The van der Waals surface area contributed by atoms with E-state index in [0.29, 0.717) is 10.8 Å². The summed E-state index contributed by atoms with van der Waals surface area (Å²) < 4.78 is 22.9. The van der Waals surface area contributed by atoms with E-state index in [-0.39, 0.29) is 11.8 Å². The quantitative estimate of drug-likeness (QED) is 0.613. The molecule has 0 bridgehead atoms. The first-order valence-corrected chi connectivity index (χ1v) is 7.54. The van der Waals surface area contributed by atoms with Crippen LogP contribution in [-0.2, 0) is 16.3 Å². The van der Waals surface area contributed by atoms with Crippen molar-refractivity contribution < 1.29 is 8.42 Å². The van der Waals surface area contributed by atoms with Gasteiger partial charge in [-0.3, -0.25) is 11.3 Å². The number of nitrogens with two attached hydrogens (primary N) is 1. The molecule has 0 saturated carbocycles. The summed E-state index contributed by atoms with van der Waals surface area (Å²) in [6, 6.07) is 3.39. The van der Waals surface area contributed by atoms with Crippen LogP contribution in [-0.4, -0.2) is 26.5 Å². The number of hydrogen-bond donors (Lipinski definition) is 2. The molecule has 0 aliphatic rings. The minimum Gasteiger partial charge on any atom is -0.271 e. The average Bonchev–Trinajstić information content (AvgIpc) is 2.47. The number of hydrogen-bond acceptors (Lipinski definition) is 5. The van der Waals surface area contributed by atoms with Gasteiger partial charge < -0.3 is 0 Å². The molecule has 15 heavy (non-hydrogen) atoms. The van der Waals surface area contributed by atoms with E-state index < -0.39 is 9.84 Å². The van der Waals surface area contributed by atoms with Crippen molar-refractivity contribution in [1.29, 1.82) is 0 Å². The fourth-order valence-electron chi connectivity index (χ4n) is 1.24. The van der Waals surface area contributed by atoms with Gasteiger partial charge >= 0.3 is 0 Å². The predicted molar refractivity (Wildman–Crippen MR) is 63.9 cm³/mol. The number of nitrogens with one attached hydrogen (secondary N) is 1. The lowest BCUT2D eigenvalue weighted by Crippen LogP contribution is -2.41. The van der Waals surface area contributed by atoms with Gasteiger partial charge in [0, 0.05) is 17.2 Å². The summed E-state index contributed by atoms with van der Waals surface area (Å²) in [5.41, 5.74) is 2.50. The van der Waals surface area contributed by atoms with Gasteiger partial charge in [-0.05, 0) is 18.6 Å². The summed E-state index contributed by atoms with van der Waals surface area (Å²) in [6.07, 6.45) is 1.76. The minimum atomic E-state index is -3.02. The standard InChI is InChI=1S/C8H13ClN2O2S2/c1-15(12,13)5-6(11-10)4-7-2-3-8(9)14-7/h2-3,6,11H,4-5,10H2,1H3. The number of halogens is 1. The molecule has 1 atom stereocenters. The van der Waals surface area contributed by atoms with E-state index in [1.54, 1.807) is 6.07 Å². The summed E-state index contributed by atoms with van der Waals surface area (Å²) in [5.74, 6) is 5.32. The zero-order valence-electron chi connectivity index (χ0n) is 8.23. The van der Waals surface area contributed by atoms with Crippen LogP contribution >= 0.6 is 22.9 Å². The van der Waals surface area contributed by atoms with Crippen molar-refractivity contribution in [3.8, 4) is 0 Å². The van der Waals surface area contributed by atoms with Crippen LogP contribution in [0, 0.1) is 0 Å². The van der Waals surface area contributed by atoms with Gasteiger partial charge in [0.25, 0.3) is 0 Å². The summed E-state index contributed by atoms with van der Waals surface area (Å²) in [5, 5.41) is 0. The van der Waals surface area contributed by atoms with Crippen molar-refractivity contribution >= 4 is 32.8 Å². The molecule has 0 spiro atoms. The zero-order chi connectivity index (χ0) is 11.5. The SMILES string of the molecule is CS(=O)(=O)CC(Cc1ccc(Cl)s1)NN. The third kappa shape index (κ3) is 4.94. The Morgan fingerprint density at radius 3 is 2.67 bits per heavy atom. The highest BCUT2D eigenvalue weighted by molar-refractivity contribution is 7.90. The molecular weight excluding hydrogens is 256 g/mol. The highest BCUT2D eigenvalue weighted by Gasteiger charge is 2.15. The Morgan fingerprint density at radius 1 is 1.60 bits per heavy atom. The molecule has 1 rings (SSSR count). The molecular formula is C8H13ClN2O2S2. The number of hydrazine groups is 1. The largest absolute Gasteiger partial charge is 0.271 e. The van der Waals surface area contributed by atoms with Crippen molar-refractivity contribution in [1.82, 2.24) is 5.43 Å². The first-order valence-electron chi connectivity index (χ1n) is 4.29. The molecule has 1 aromatic heterocycles. The molecule has 86 valence electrons. The Morgan fingerprint density at radius 2 is 2.27 bits per heavy atom. The Kier molecular flexibility index (Phi) is 4.54. The van der Waals surface area contributed by atoms with Crippen LogP contribution in [0.4, 0.5) is 0 Å². The molecule has 3 N–H and O–H groups in total. The van der Waals surface area contributed by atoms with Crippen LogP contribution in [0.2, 0.25) is 4.34 Å². The van der Waals surface area contributed by atoms with Gasteiger partial charge in [0.2, 0.25) is 0 Å². The monoisotopic (exact) mass is 268 g/mol. The maximum atomic E-state index is 11.1. The van der Waals surface area contributed by atoms with Gasteiger partial charge in [-0.25, -0.2) is 8.42 Å². The summed E-state index contributed by atoms with van der Waals surface area (Å²) >= 11 is 7.20. The van der Waals surface area contributed by atoms with E-state index >= 15 is 0 Å². The van der Waals surface area contributed by atoms with Gasteiger partial charge in [-0.2, -0.15) is 0 Å². The van der Waals surface area contributed by atoms with Crippen molar-refractivity contribution in [3.63, 3.8) is 0 Å². The maximum Gasteiger partial charge on any atom is 0.149 e. The molecule has 0 aliphatic carbocycles. The molecule has 0 amide bonds. The van der Waals surface area contributed by atoms with E-state index in [2.05, 4.69) is 5.43 Å². The van der Waals surface area contributed by atoms with Crippen LogP contribution in [0.1, 0.15) is 4.88 Å². The van der Waals surface area contributed by atoms with Gasteiger partial charge in [0.1, 0.15) is 9.84 Å². The van der Waals surface area contributed by atoms with Crippen LogP contribution in [0.25, 0.3) is 0 Å². The highest BCUT2D eigenvalue weighted by atomic mass is 35.5. The molecule has 7 heteroatoms. The molecule has 0 radical (unpaired) electrons. The van der Waals surface area contributed by atoms with Gasteiger partial charge in [0.15, 0.2) is 0 Å². The lowest BCUT2D eigenvalue weighted by atomic mass is 10.2. The molecule has 1 unspecified atom stereocenters. The smallest absolute Gasteiger partial charge is 0.149 e. The fraction of sp³-hybridized carbons (Fsp3) is 0.500. The Labute approximate surface area is 98.3 Å². The maximum absolute atomic E-state index is 11.1. The third-order valence-corrected chi connectivity index (χ3v) is 4.08. The second-order valence-corrected chi connectivity index (χ2v) is 7.35. The van der Waals surface area contributed by atoms with Gasteiger partial charge in [-0.1, -0.05) is 11.6 Å². The van der Waals surface area contributed by atoms with Crippen molar-refractivity contribution in [2.45, 2.75) is 12.5 Å². The third-order valence-electron chi connectivity index (χ3n) is 1.82. The summed E-state index contributed by atoms with van der Waals surface area (Å²) in [4.78, 5) is 1.02. The average molecular weight is 269 g/mol. The Hall–Kier alpha value is -0.140. The Balaban J connectivity index is 2.62. The van der Waals surface area contributed by atoms with Gasteiger partial charge in [0.05, 0.1) is 10.1 Å². The molecule has 4 nitrogen and oxygen atoms in total. The number of thiophene rings is 1. The lowest BCUT2D eigenvalue weighted by Gasteiger charge is -2.13. The van der Waals surface area contributed by atoms with Crippen LogP contribution in [0.15, 0.2) is 12.1 Å². The second-order valence-electron chi connectivity index (χ2n) is 3.37. The highest BCUT2D eigenvalue weighted by Crippen LogP contribution is 2.22. The summed E-state index contributed by atoms with van der Waals surface area (Å²) in [7, 11) is -3.02. The lowest BCUT2D eigenvalue weighted by molar-refractivity contribution is 0.548. The molecule has 1 heterocycles. The Bertz CT molecular complexity index is 416. The van der Waals surface area contributed by atoms with E-state index in [1.807, 2.05) is 6.07 Å². The van der Waals surface area contributed by atoms with Crippen molar-refractivity contribution in [2.75, 3.05) is 12.0 Å². The van der Waals surface area contributed by atoms with Crippen LogP contribution in [0.5, 0.6) is 0 Å².